The minimum atomic E-state index is -0.396. The second-order valence-corrected chi connectivity index (χ2v) is 11.7. The largest absolute Gasteiger partial charge is 0.0629 e. The summed E-state index contributed by atoms with van der Waals surface area (Å²) in [4.78, 5) is 0. The van der Waals surface area contributed by atoms with Crippen LogP contribution in [0.5, 0.6) is 0 Å². The molecule has 9 rings (SSSR count). The maximum atomic E-state index is 8.91. The molecule has 0 aliphatic rings. The third-order valence-corrected chi connectivity index (χ3v) is 9.11. The first-order chi connectivity index (χ1) is 24.9. The number of hydrogen-bond donors (Lipinski definition) is 0. The highest BCUT2D eigenvalue weighted by Crippen LogP contribution is 2.46. The van der Waals surface area contributed by atoms with Gasteiger partial charge in [0.1, 0.15) is 0 Å². The molecule has 0 fully saturated rings. The predicted molar refractivity (Wildman–Crippen MR) is 198 cm³/mol. The van der Waals surface area contributed by atoms with E-state index in [1.54, 1.807) is 0 Å². The molecule has 0 aromatic heterocycles. The number of rotatable bonds is 4. The third-order valence-electron chi connectivity index (χ3n) is 9.11. The van der Waals surface area contributed by atoms with E-state index in [4.69, 9.17) is 6.85 Å². The zero-order valence-corrected chi connectivity index (χ0v) is 24.9. The second-order valence-electron chi connectivity index (χ2n) is 11.7. The lowest BCUT2D eigenvalue weighted by molar-refractivity contribution is 1.61. The molecule has 0 heterocycles. The van der Waals surface area contributed by atoms with Gasteiger partial charge in [-0.2, -0.15) is 0 Å². The Morgan fingerprint density at radius 1 is 0.304 bits per heavy atom. The molecule has 9 aromatic rings. The van der Waals surface area contributed by atoms with Crippen LogP contribution in [0.3, 0.4) is 0 Å². The molecule has 0 N–H and O–H groups in total. The summed E-state index contributed by atoms with van der Waals surface area (Å²) in [5.74, 6) is 0. The highest BCUT2D eigenvalue weighted by molar-refractivity contribution is 6.23. The van der Waals surface area contributed by atoms with Gasteiger partial charge in [-0.3, -0.25) is 0 Å². The highest BCUT2D eigenvalue weighted by Gasteiger charge is 2.18. The van der Waals surface area contributed by atoms with Crippen molar-refractivity contribution < 1.29 is 6.85 Å². The van der Waals surface area contributed by atoms with E-state index in [2.05, 4.69) is 115 Å². The normalized spacial score (nSPS) is 13.0. The molecule has 0 spiro atoms. The van der Waals surface area contributed by atoms with Crippen LogP contribution in [0, 0.1) is 0 Å². The van der Waals surface area contributed by atoms with E-state index in [1.165, 1.54) is 16.3 Å². The lowest BCUT2D eigenvalue weighted by atomic mass is 9.84. The zero-order valence-electron chi connectivity index (χ0n) is 29.9. The minimum Gasteiger partial charge on any atom is -0.0622 e. The van der Waals surface area contributed by atoms with Gasteiger partial charge in [0.05, 0.1) is 6.85 Å². The topological polar surface area (TPSA) is 0 Å². The van der Waals surface area contributed by atoms with Crippen LogP contribution in [0.2, 0.25) is 0 Å². The van der Waals surface area contributed by atoms with E-state index in [0.29, 0.717) is 5.56 Å². The van der Waals surface area contributed by atoms with Gasteiger partial charge in [-0.15, -0.1) is 0 Å². The summed E-state index contributed by atoms with van der Waals surface area (Å²) in [7, 11) is 0. The van der Waals surface area contributed by atoms with Crippen LogP contribution in [-0.2, 0) is 0 Å². The summed E-state index contributed by atoms with van der Waals surface area (Å²) in [5.41, 5.74) is 7.51. The molecule has 0 saturated carbocycles. The maximum Gasteiger partial charge on any atom is 0.0629 e. The van der Waals surface area contributed by atoms with Crippen LogP contribution in [-0.4, -0.2) is 0 Å². The van der Waals surface area contributed by atoms with E-state index < -0.39 is 6.04 Å². The van der Waals surface area contributed by atoms with Gasteiger partial charge in [-0.05, 0) is 106 Å². The predicted octanol–water partition coefficient (Wildman–Crippen LogP) is 13.0. The van der Waals surface area contributed by atoms with Crippen LogP contribution < -0.4 is 0 Å². The summed E-state index contributed by atoms with van der Waals surface area (Å²) < 4.78 is 43.0. The van der Waals surface area contributed by atoms with Gasteiger partial charge in [0, 0.05) is 0 Å². The zero-order chi connectivity index (χ0) is 34.8. The molecule has 0 aliphatic carbocycles. The monoisotopic (exact) mass is 587 g/mol. The van der Waals surface area contributed by atoms with Crippen molar-refractivity contribution in [1.29, 1.82) is 0 Å². The van der Waals surface area contributed by atoms with Crippen molar-refractivity contribution in [2.75, 3.05) is 0 Å². The van der Waals surface area contributed by atoms with E-state index >= 15 is 0 Å². The molecular weight excluding hydrogens is 553 g/mol. The Balaban J connectivity index is 1.29. The smallest absolute Gasteiger partial charge is 0.0622 e. The molecule has 0 amide bonds. The average Bonchev–Trinajstić information content (AvgIpc) is 3.18. The summed E-state index contributed by atoms with van der Waals surface area (Å²) in [6.45, 7) is 0. The summed E-state index contributed by atoms with van der Waals surface area (Å²) in [6.07, 6.45) is 0. The Labute approximate surface area is 275 Å². The average molecular weight is 588 g/mol. The van der Waals surface area contributed by atoms with Gasteiger partial charge in [0.2, 0.25) is 0 Å². The van der Waals surface area contributed by atoms with Gasteiger partial charge < -0.3 is 0 Å². The van der Waals surface area contributed by atoms with Crippen molar-refractivity contribution >= 4 is 43.1 Å². The fourth-order valence-electron chi connectivity index (χ4n) is 6.97. The van der Waals surface area contributed by atoms with Crippen molar-refractivity contribution in [3.63, 3.8) is 0 Å². The second kappa shape index (κ2) is 10.9. The van der Waals surface area contributed by atoms with Gasteiger partial charge in [-0.25, -0.2) is 0 Å². The fraction of sp³-hybridized carbons (Fsp3) is 0. The Kier molecular flexibility index (Phi) is 5.12. The molecule has 46 heavy (non-hydrogen) atoms. The van der Waals surface area contributed by atoms with Crippen molar-refractivity contribution in [2.24, 2.45) is 0 Å². The molecule has 9 aromatic carbocycles. The standard InChI is InChI=1S/C46H30/c1-2-13-34(14-3-1)45-40-18-8-10-20-42(40)46(43-21-11-9-19-41(43)45)44-30-38(29-37-16-6-7-17-39(37)44)33-24-22-32(23-25-33)36-27-26-31-12-4-5-15-35(31)28-36/h1-30H/i1D,2D,3D,13D,14D. The van der Waals surface area contributed by atoms with Gasteiger partial charge >= 0.3 is 0 Å². The summed E-state index contributed by atoms with van der Waals surface area (Å²) in [6, 6.07) is 51.3. The van der Waals surface area contributed by atoms with Crippen molar-refractivity contribution in [2.45, 2.75) is 0 Å². The Morgan fingerprint density at radius 3 is 1.43 bits per heavy atom. The molecular formula is C46H30. The molecule has 0 saturated heterocycles. The Morgan fingerprint density at radius 2 is 0.783 bits per heavy atom. The first-order valence-electron chi connectivity index (χ1n) is 18.0. The maximum absolute atomic E-state index is 8.91. The van der Waals surface area contributed by atoms with E-state index in [1.807, 2.05) is 36.4 Å². The Bertz CT molecular complexity index is 2770. The first-order valence-corrected chi connectivity index (χ1v) is 15.5. The molecule has 0 heteroatoms. The van der Waals surface area contributed by atoms with Gasteiger partial charge in [0.25, 0.3) is 0 Å². The molecule has 0 atom stereocenters. The van der Waals surface area contributed by atoms with Crippen LogP contribution >= 0.6 is 0 Å². The number of fused-ring (bicyclic) bond motifs is 4. The van der Waals surface area contributed by atoms with Crippen molar-refractivity contribution in [3.8, 4) is 44.5 Å². The minimum absolute atomic E-state index is 0.205. The lowest BCUT2D eigenvalue weighted by Gasteiger charge is -2.19. The highest BCUT2D eigenvalue weighted by atomic mass is 14.2. The molecule has 214 valence electrons. The van der Waals surface area contributed by atoms with E-state index in [-0.39, 0.29) is 29.7 Å². The third kappa shape index (κ3) is 4.38. The lowest BCUT2D eigenvalue weighted by Crippen LogP contribution is -1.92. The van der Waals surface area contributed by atoms with Gasteiger partial charge in [0.15, 0.2) is 0 Å². The summed E-state index contributed by atoms with van der Waals surface area (Å²) in [5, 5.41) is 8.24. The van der Waals surface area contributed by atoms with Crippen LogP contribution in [0.4, 0.5) is 0 Å². The van der Waals surface area contributed by atoms with Crippen molar-refractivity contribution in [1.82, 2.24) is 0 Å². The first kappa shape index (κ1) is 21.7. The SMILES string of the molecule is [2H]c1c([2H])c([2H])c(-c2c3ccccc3c(-c3cc(-c4ccc(-c5ccc6ccccc6c5)cc4)cc4ccccc34)c3ccccc23)c([2H])c1[2H]. The van der Waals surface area contributed by atoms with E-state index in [0.717, 1.165) is 60.1 Å². The molecule has 0 radical (unpaired) electrons. The summed E-state index contributed by atoms with van der Waals surface area (Å²) >= 11 is 0. The molecule has 0 unspecified atom stereocenters. The van der Waals surface area contributed by atoms with Crippen LogP contribution in [0.1, 0.15) is 6.85 Å². The molecule has 0 aliphatic heterocycles. The Hall–Kier alpha value is -5.98. The fourth-order valence-corrected chi connectivity index (χ4v) is 6.97. The number of hydrogen-bond acceptors (Lipinski definition) is 0. The molecule has 0 nitrogen and oxygen atoms in total. The van der Waals surface area contributed by atoms with Gasteiger partial charge in [-0.1, -0.05) is 164 Å². The number of benzene rings is 9. The quantitative estimate of drug-likeness (QED) is 0.180. The van der Waals surface area contributed by atoms with Crippen LogP contribution in [0.15, 0.2) is 182 Å². The van der Waals surface area contributed by atoms with Crippen LogP contribution in [0.25, 0.3) is 87.6 Å². The van der Waals surface area contributed by atoms with E-state index in [9.17, 15) is 0 Å². The van der Waals surface area contributed by atoms with Crippen molar-refractivity contribution in [3.05, 3.63) is 182 Å². The molecule has 0 bridgehead atoms.